The summed E-state index contributed by atoms with van der Waals surface area (Å²) in [7, 11) is 1.35. The smallest absolute Gasteiger partial charge is 0.311 e. The van der Waals surface area contributed by atoms with Crippen molar-refractivity contribution in [2.45, 2.75) is 6.92 Å². The molecule has 114 valence electrons. The molecule has 0 atom stereocenters. The molecular formula is C14H13N3O5. The number of nitrogens with zero attached hydrogens (tertiary/aromatic N) is 2. The lowest BCUT2D eigenvalue weighted by molar-refractivity contribution is -0.385. The van der Waals surface area contributed by atoms with Gasteiger partial charge in [0, 0.05) is 11.6 Å². The standard InChI is InChI=1S/C14H13N3O5/c1-9-3-5-13(22-9)14(18)16-15-8-10-4-6-12(21-2)11(7-10)17(19)20/h3-8H,1-2H3,(H,16,18). The first-order chi connectivity index (χ1) is 10.5. The van der Waals surface area contributed by atoms with E-state index in [4.69, 9.17) is 9.15 Å². The monoisotopic (exact) mass is 303 g/mol. The summed E-state index contributed by atoms with van der Waals surface area (Å²) in [6.45, 7) is 1.72. The van der Waals surface area contributed by atoms with E-state index in [0.717, 1.165) is 0 Å². The van der Waals surface area contributed by atoms with E-state index in [2.05, 4.69) is 10.5 Å². The quantitative estimate of drug-likeness (QED) is 0.518. The highest BCUT2D eigenvalue weighted by Gasteiger charge is 2.14. The fraction of sp³-hybridized carbons (Fsp3) is 0.143. The first-order valence-electron chi connectivity index (χ1n) is 6.23. The molecule has 0 radical (unpaired) electrons. The number of ether oxygens (including phenoxy) is 1. The molecule has 2 rings (SSSR count). The van der Waals surface area contributed by atoms with E-state index < -0.39 is 10.8 Å². The molecule has 0 spiro atoms. The van der Waals surface area contributed by atoms with Crippen molar-refractivity contribution in [1.29, 1.82) is 0 Å². The number of nitro benzene ring substituents is 1. The van der Waals surface area contributed by atoms with Crippen LogP contribution in [0.25, 0.3) is 0 Å². The molecule has 0 fully saturated rings. The lowest BCUT2D eigenvalue weighted by Gasteiger charge is -2.02. The van der Waals surface area contributed by atoms with Crippen molar-refractivity contribution in [2.24, 2.45) is 5.10 Å². The molecule has 8 heteroatoms. The van der Waals surface area contributed by atoms with Gasteiger partial charge in [-0.15, -0.1) is 0 Å². The van der Waals surface area contributed by atoms with Crippen LogP contribution in [-0.2, 0) is 0 Å². The highest BCUT2D eigenvalue weighted by Crippen LogP contribution is 2.26. The van der Waals surface area contributed by atoms with Gasteiger partial charge in [-0.1, -0.05) is 0 Å². The molecule has 0 bridgehead atoms. The lowest BCUT2D eigenvalue weighted by atomic mass is 10.2. The first-order valence-corrected chi connectivity index (χ1v) is 6.23. The topological polar surface area (TPSA) is 107 Å². The van der Waals surface area contributed by atoms with E-state index >= 15 is 0 Å². The predicted molar refractivity (Wildman–Crippen MR) is 78.2 cm³/mol. The second kappa shape index (κ2) is 6.53. The maximum atomic E-state index is 11.7. The molecule has 1 amide bonds. The molecule has 8 nitrogen and oxygen atoms in total. The van der Waals surface area contributed by atoms with E-state index in [0.29, 0.717) is 11.3 Å². The summed E-state index contributed by atoms with van der Waals surface area (Å²) in [4.78, 5) is 22.0. The van der Waals surface area contributed by atoms with E-state index in [9.17, 15) is 14.9 Å². The maximum absolute atomic E-state index is 11.7. The van der Waals surface area contributed by atoms with Crippen molar-refractivity contribution in [3.63, 3.8) is 0 Å². The van der Waals surface area contributed by atoms with Crippen LogP contribution >= 0.6 is 0 Å². The summed E-state index contributed by atoms with van der Waals surface area (Å²) in [6, 6.07) is 7.52. The normalized spacial score (nSPS) is 10.6. The molecule has 1 aromatic carbocycles. The molecule has 1 N–H and O–H groups in total. The lowest BCUT2D eigenvalue weighted by Crippen LogP contribution is -2.16. The molecule has 0 aliphatic carbocycles. The van der Waals surface area contributed by atoms with Gasteiger partial charge in [-0.25, -0.2) is 5.43 Å². The predicted octanol–water partition coefficient (Wildman–Crippen LogP) is 2.27. The SMILES string of the molecule is COc1ccc(C=NNC(=O)c2ccc(C)o2)cc1[N+](=O)[O-]. The zero-order valence-corrected chi connectivity index (χ0v) is 11.9. The Morgan fingerprint density at radius 3 is 2.77 bits per heavy atom. The summed E-state index contributed by atoms with van der Waals surface area (Å²) in [5.74, 6) is 0.389. The van der Waals surface area contributed by atoms with Crippen molar-refractivity contribution < 1.29 is 18.9 Å². The van der Waals surface area contributed by atoms with Crippen LogP contribution in [0.3, 0.4) is 0 Å². The first kappa shape index (κ1) is 15.2. The van der Waals surface area contributed by atoms with Crippen molar-refractivity contribution in [3.05, 3.63) is 57.5 Å². The number of carbonyl (C=O) groups is 1. The number of methoxy groups -OCH3 is 1. The number of hydrogen-bond donors (Lipinski definition) is 1. The highest BCUT2D eigenvalue weighted by atomic mass is 16.6. The second-order valence-corrected chi connectivity index (χ2v) is 4.30. The Morgan fingerprint density at radius 1 is 1.41 bits per heavy atom. The van der Waals surface area contributed by atoms with Gasteiger partial charge in [-0.05, 0) is 31.2 Å². The molecule has 0 aliphatic rings. The third-order valence-electron chi connectivity index (χ3n) is 2.74. The Labute approximate surface area is 125 Å². The zero-order chi connectivity index (χ0) is 16.1. The summed E-state index contributed by atoms with van der Waals surface area (Å²) in [5.41, 5.74) is 2.54. The highest BCUT2D eigenvalue weighted by molar-refractivity contribution is 5.92. The molecule has 1 heterocycles. The van der Waals surface area contributed by atoms with Gasteiger partial charge >= 0.3 is 11.6 Å². The molecule has 0 unspecified atom stereocenters. The van der Waals surface area contributed by atoms with Gasteiger partial charge in [0.05, 0.1) is 18.2 Å². The van der Waals surface area contributed by atoms with E-state index in [1.165, 1.54) is 31.5 Å². The summed E-state index contributed by atoms with van der Waals surface area (Å²) in [5, 5.41) is 14.6. The fourth-order valence-corrected chi connectivity index (χ4v) is 1.71. The maximum Gasteiger partial charge on any atom is 0.311 e. The number of hydrogen-bond acceptors (Lipinski definition) is 6. The van der Waals surface area contributed by atoms with Crippen LogP contribution in [0.15, 0.2) is 39.9 Å². The van der Waals surface area contributed by atoms with Gasteiger partial charge in [-0.3, -0.25) is 14.9 Å². The number of hydrazone groups is 1. The third-order valence-corrected chi connectivity index (χ3v) is 2.74. The Kier molecular flexibility index (Phi) is 4.52. The van der Waals surface area contributed by atoms with Crippen LogP contribution in [-0.4, -0.2) is 24.2 Å². The molecule has 0 saturated carbocycles. The molecular weight excluding hydrogens is 290 g/mol. The van der Waals surface area contributed by atoms with E-state index in [1.807, 2.05) is 0 Å². The van der Waals surface area contributed by atoms with Crippen LogP contribution in [0.2, 0.25) is 0 Å². The van der Waals surface area contributed by atoms with Crippen molar-refractivity contribution in [2.75, 3.05) is 7.11 Å². The van der Waals surface area contributed by atoms with Crippen molar-refractivity contribution >= 4 is 17.8 Å². The number of nitrogens with one attached hydrogen (secondary N) is 1. The Bertz CT molecular complexity index is 736. The average Bonchev–Trinajstić information content (AvgIpc) is 2.93. The van der Waals surface area contributed by atoms with Crippen LogP contribution in [0.4, 0.5) is 5.69 Å². The minimum Gasteiger partial charge on any atom is -0.490 e. The molecule has 0 aliphatic heterocycles. The van der Waals surface area contributed by atoms with Crippen LogP contribution in [0, 0.1) is 17.0 Å². The minimum atomic E-state index is -0.555. The third kappa shape index (κ3) is 3.48. The summed E-state index contributed by atoms with van der Waals surface area (Å²) in [6.07, 6.45) is 1.29. The van der Waals surface area contributed by atoms with Gasteiger partial charge in [0.2, 0.25) is 0 Å². The van der Waals surface area contributed by atoms with Crippen LogP contribution < -0.4 is 10.2 Å². The molecule has 2 aromatic rings. The van der Waals surface area contributed by atoms with Gasteiger partial charge in [0.25, 0.3) is 0 Å². The number of furan rings is 1. The fourth-order valence-electron chi connectivity index (χ4n) is 1.71. The molecule has 1 aromatic heterocycles. The molecule has 22 heavy (non-hydrogen) atoms. The van der Waals surface area contributed by atoms with Crippen molar-refractivity contribution in [1.82, 2.24) is 5.43 Å². The van der Waals surface area contributed by atoms with E-state index in [-0.39, 0.29) is 17.2 Å². The van der Waals surface area contributed by atoms with Crippen LogP contribution in [0.1, 0.15) is 21.9 Å². The second-order valence-electron chi connectivity index (χ2n) is 4.30. The number of nitro groups is 1. The summed E-state index contributed by atoms with van der Waals surface area (Å²) < 4.78 is 10.0. The van der Waals surface area contributed by atoms with Gasteiger partial charge in [0.1, 0.15) is 5.76 Å². The largest absolute Gasteiger partial charge is 0.490 e. The number of carbonyl (C=O) groups excluding carboxylic acids is 1. The summed E-state index contributed by atoms with van der Waals surface area (Å²) >= 11 is 0. The number of benzene rings is 1. The number of rotatable bonds is 5. The van der Waals surface area contributed by atoms with Gasteiger partial charge in [0.15, 0.2) is 11.5 Å². The van der Waals surface area contributed by atoms with Crippen molar-refractivity contribution in [3.8, 4) is 5.75 Å². The van der Waals surface area contributed by atoms with Gasteiger partial charge < -0.3 is 9.15 Å². The number of aryl methyl sites for hydroxylation is 1. The minimum absolute atomic E-state index is 0.135. The van der Waals surface area contributed by atoms with Crippen LogP contribution in [0.5, 0.6) is 5.75 Å². The number of amides is 1. The average molecular weight is 303 g/mol. The zero-order valence-electron chi connectivity index (χ0n) is 11.9. The Hall–Kier alpha value is -3.16. The van der Waals surface area contributed by atoms with Gasteiger partial charge in [-0.2, -0.15) is 5.10 Å². The Morgan fingerprint density at radius 2 is 2.18 bits per heavy atom. The Balaban J connectivity index is 2.08. The van der Waals surface area contributed by atoms with E-state index in [1.54, 1.807) is 19.1 Å². The molecule has 0 saturated heterocycles.